The van der Waals surface area contributed by atoms with Crippen LogP contribution in [0.15, 0.2) is 0 Å². The number of aldehydes is 1. The highest BCUT2D eigenvalue weighted by molar-refractivity contribution is 5.93. The molecule has 0 saturated heterocycles. The third-order valence-corrected chi connectivity index (χ3v) is 4.77. The minimum atomic E-state index is -1.92. The van der Waals surface area contributed by atoms with Gasteiger partial charge in [-0.1, -0.05) is 32.6 Å². The lowest BCUT2D eigenvalue weighted by atomic mass is 10.0. The van der Waals surface area contributed by atoms with Crippen molar-refractivity contribution in [3.8, 4) is 0 Å². The summed E-state index contributed by atoms with van der Waals surface area (Å²) in [5.74, 6) is -0.607. The van der Waals surface area contributed by atoms with E-state index < -0.39 is 42.8 Å². The van der Waals surface area contributed by atoms with Gasteiger partial charge < -0.3 is 25.2 Å². The molecule has 9 nitrogen and oxygen atoms in total. The Balaban J connectivity index is 2.60. The van der Waals surface area contributed by atoms with Gasteiger partial charge in [0.2, 0.25) is 0 Å². The zero-order valence-electron chi connectivity index (χ0n) is 15.7. The number of aliphatic hydroxyl groups excluding tert-OH is 4. The molecule has 1 fully saturated rings. The maximum Gasteiger partial charge on any atom is 0.253 e. The van der Waals surface area contributed by atoms with Crippen molar-refractivity contribution in [3.63, 3.8) is 0 Å². The first kappa shape index (κ1) is 23.6. The molecule has 0 aromatic heterocycles. The summed E-state index contributed by atoms with van der Waals surface area (Å²) in [6.07, 6.45) is -1.55. The number of amides is 2. The summed E-state index contributed by atoms with van der Waals surface area (Å²) in [6.45, 7) is 1.11. The molecule has 1 saturated carbocycles. The molecule has 0 aliphatic heterocycles. The molecule has 27 heavy (non-hydrogen) atoms. The van der Waals surface area contributed by atoms with Crippen molar-refractivity contribution in [2.24, 2.45) is 5.92 Å². The van der Waals surface area contributed by atoms with Gasteiger partial charge in [-0.05, 0) is 18.8 Å². The highest BCUT2D eigenvalue weighted by Gasteiger charge is 2.32. The molecule has 0 bridgehead atoms. The molecule has 156 valence electrons. The van der Waals surface area contributed by atoms with Crippen LogP contribution in [0.4, 0.5) is 0 Å². The molecule has 0 unspecified atom stereocenters. The fourth-order valence-electron chi connectivity index (χ4n) is 3.09. The van der Waals surface area contributed by atoms with Gasteiger partial charge in [-0.25, -0.2) is 0 Å². The van der Waals surface area contributed by atoms with E-state index in [1.807, 2.05) is 0 Å². The average Bonchev–Trinajstić information content (AvgIpc) is 3.18. The lowest BCUT2D eigenvalue weighted by molar-refractivity contribution is -0.210. The molecule has 2 amide bonds. The van der Waals surface area contributed by atoms with Gasteiger partial charge in [0, 0.05) is 12.8 Å². The van der Waals surface area contributed by atoms with Gasteiger partial charge >= 0.3 is 0 Å². The lowest BCUT2D eigenvalue weighted by Gasteiger charge is -2.26. The van der Waals surface area contributed by atoms with Crippen molar-refractivity contribution in [1.29, 1.82) is 0 Å². The summed E-state index contributed by atoms with van der Waals surface area (Å²) in [6, 6.07) is 0. The molecule has 1 rings (SSSR count). The Hall–Kier alpha value is -1.39. The number of carbonyl (C=O) groups is 3. The normalized spacial score (nSPS) is 19.3. The summed E-state index contributed by atoms with van der Waals surface area (Å²) in [5, 5.41) is 38.9. The Morgan fingerprint density at radius 1 is 1.07 bits per heavy atom. The van der Waals surface area contributed by atoms with Gasteiger partial charge in [0.05, 0.1) is 0 Å². The van der Waals surface area contributed by atoms with E-state index in [1.54, 1.807) is 6.92 Å². The van der Waals surface area contributed by atoms with Crippen LogP contribution in [-0.4, -0.2) is 74.6 Å². The van der Waals surface area contributed by atoms with E-state index in [2.05, 4.69) is 0 Å². The molecule has 4 N–H and O–H groups in total. The largest absolute Gasteiger partial charge is 0.388 e. The van der Waals surface area contributed by atoms with E-state index in [0.29, 0.717) is 23.8 Å². The van der Waals surface area contributed by atoms with Gasteiger partial charge in [-0.3, -0.25) is 14.4 Å². The van der Waals surface area contributed by atoms with Gasteiger partial charge in [0.25, 0.3) is 11.8 Å². The predicted octanol–water partition coefficient (Wildman–Crippen LogP) is -0.314. The van der Waals surface area contributed by atoms with Gasteiger partial charge in [-0.15, -0.1) is 0 Å². The molecular formula is C18H31NO8. The first-order chi connectivity index (χ1) is 12.8. The number of hydrogen-bond acceptors (Lipinski definition) is 8. The molecule has 0 aromatic rings. The first-order valence-corrected chi connectivity index (χ1v) is 9.48. The molecule has 0 radical (unpaired) electrons. The molecule has 9 heteroatoms. The molecule has 0 aromatic carbocycles. The van der Waals surface area contributed by atoms with Crippen LogP contribution in [0, 0.1) is 5.92 Å². The second-order valence-corrected chi connectivity index (χ2v) is 6.99. The number of imide groups is 1. The zero-order valence-corrected chi connectivity index (χ0v) is 15.7. The lowest BCUT2D eigenvalue weighted by Crippen LogP contribution is -2.48. The van der Waals surface area contributed by atoms with E-state index in [1.165, 1.54) is 0 Å². The first-order valence-electron chi connectivity index (χ1n) is 9.48. The number of hydrogen-bond donors (Lipinski definition) is 4. The van der Waals surface area contributed by atoms with Gasteiger partial charge in [0.1, 0.15) is 31.0 Å². The standard InChI is InChI=1S/C18H31NO8/c1-2-5-15(23)19(16(24)9-8-12-6-3-4-7-12)27-11-14(22)18(26)17(25)13(21)10-20/h10,12-14,17-18,21-22,25-26H,2-9,11H2,1H3/t13-,14+,17+,18+/m0/s1. The highest BCUT2D eigenvalue weighted by atomic mass is 16.7. The smallest absolute Gasteiger partial charge is 0.253 e. The second kappa shape index (κ2) is 12.1. The van der Waals surface area contributed by atoms with Crippen LogP contribution >= 0.6 is 0 Å². The number of aliphatic hydroxyl groups is 4. The number of nitrogens with zero attached hydrogens (tertiary/aromatic N) is 1. The summed E-state index contributed by atoms with van der Waals surface area (Å²) in [5.41, 5.74) is 0. The van der Waals surface area contributed by atoms with E-state index >= 15 is 0 Å². The SMILES string of the molecule is CCCC(=O)N(OC[C@@H](O)[C@@H](O)[C@H](O)[C@@H](O)C=O)C(=O)CCC1CCCC1. The van der Waals surface area contributed by atoms with Crippen molar-refractivity contribution in [1.82, 2.24) is 5.06 Å². The second-order valence-electron chi connectivity index (χ2n) is 6.99. The molecule has 1 aliphatic carbocycles. The van der Waals surface area contributed by atoms with Crippen molar-refractivity contribution >= 4 is 18.1 Å². The maximum atomic E-state index is 12.4. The Labute approximate surface area is 158 Å². The fourth-order valence-corrected chi connectivity index (χ4v) is 3.09. The molecular weight excluding hydrogens is 358 g/mol. The average molecular weight is 389 g/mol. The quantitative estimate of drug-likeness (QED) is 0.263. The minimum absolute atomic E-state index is 0.0189. The number of rotatable bonds is 12. The Kier molecular flexibility index (Phi) is 10.6. The zero-order chi connectivity index (χ0) is 20.4. The van der Waals surface area contributed by atoms with E-state index in [0.717, 1.165) is 25.7 Å². The van der Waals surface area contributed by atoms with Crippen LogP contribution < -0.4 is 0 Å². The molecule has 0 spiro atoms. The Bertz CT molecular complexity index is 480. The predicted molar refractivity (Wildman–Crippen MR) is 94.0 cm³/mol. The molecule has 1 aliphatic rings. The van der Waals surface area contributed by atoms with E-state index in [4.69, 9.17) is 4.84 Å². The summed E-state index contributed by atoms with van der Waals surface area (Å²) in [7, 11) is 0. The summed E-state index contributed by atoms with van der Waals surface area (Å²) in [4.78, 5) is 40.1. The van der Waals surface area contributed by atoms with Crippen molar-refractivity contribution in [2.45, 2.75) is 82.7 Å². The van der Waals surface area contributed by atoms with E-state index in [9.17, 15) is 34.8 Å². The Morgan fingerprint density at radius 2 is 1.67 bits per heavy atom. The molecule has 0 heterocycles. The third kappa shape index (κ3) is 7.63. The third-order valence-electron chi connectivity index (χ3n) is 4.77. The van der Waals surface area contributed by atoms with Crippen LogP contribution in [0.3, 0.4) is 0 Å². The number of hydroxylamine groups is 2. The van der Waals surface area contributed by atoms with Crippen molar-refractivity contribution in [2.75, 3.05) is 6.61 Å². The molecule has 4 atom stereocenters. The summed E-state index contributed by atoms with van der Waals surface area (Å²) >= 11 is 0. The van der Waals surface area contributed by atoms with Gasteiger partial charge in [-0.2, -0.15) is 5.06 Å². The van der Waals surface area contributed by atoms with Crippen molar-refractivity contribution in [3.05, 3.63) is 0 Å². The van der Waals surface area contributed by atoms with Gasteiger partial charge in [0.15, 0.2) is 6.29 Å². The fraction of sp³-hybridized carbons (Fsp3) is 0.833. The van der Waals surface area contributed by atoms with Crippen LogP contribution in [-0.2, 0) is 19.2 Å². The summed E-state index contributed by atoms with van der Waals surface area (Å²) < 4.78 is 0. The van der Waals surface area contributed by atoms with Crippen molar-refractivity contribution < 1.29 is 39.6 Å². The van der Waals surface area contributed by atoms with E-state index in [-0.39, 0.29) is 19.1 Å². The maximum absolute atomic E-state index is 12.4. The number of carbonyl (C=O) groups excluding carboxylic acids is 3. The monoisotopic (exact) mass is 389 g/mol. The highest BCUT2D eigenvalue weighted by Crippen LogP contribution is 2.28. The topological polar surface area (TPSA) is 145 Å². The Morgan fingerprint density at radius 3 is 2.22 bits per heavy atom. The minimum Gasteiger partial charge on any atom is -0.388 e. The van der Waals surface area contributed by atoms with Crippen LogP contribution in [0.2, 0.25) is 0 Å². The van der Waals surface area contributed by atoms with Crippen LogP contribution in [0.5, 0.6) is 0 Å². The van der Waals surface area contributed by atoms with Crippen LogP contribution in [0.1, 0.15) is 58.3 Å². The van der Waals surface area contributed by atoms with Crippen LogP contribution in [0.25, 0.3) is 0 Å².